The predicted octanol–water partition coefficient (Wildman–Crippen LogP) is -0.199. The third kappa shape index (κ3) is 2.83. The second-order valence-corrected chi connectivity index (χ2v) is 5.78. The molecule has 1 aromatic heterocycles. The Balaban J connectivity index is 2.47. The number of aliphatic hydroxyl groups is 2. The highest BCUT2D eigenvalue weighted by molar-refractivity contribution is 14.1. The van der Waals surface area contributed by atoms with Crippen molar-refractivity contribution in [2.45, 2.75) is 44.6 Å². The number of aliphatic hydroxyl groups excluding tert-OH is 2. The molecule has 112 valence electrons. The fourth-order valence-electron chi connectivity index (χ4n) is 2.31. The summed E-state index contributed by atoms with van der Waals surface area (Å²) < 4.78 is 7.69. The second kappa shape index (κ2) is 6.37. The molecule has 0 aromatic carbocycles. The molecule has 1 unspecified atom stereocenters. The smallest absolute Gasteiger partial charge is 0.342 e. The fourth-order valence-corrected chi connectivity index (χ4v) is 2.87. The molecule has 8 heteroatoms. The van der Waals surface area contributed by atoms with E-state index < -0.39 is 24.1 Å². The van der Waals surface area contributed by atoms with Gasteiger partial charge in [-0.15, -0.1) is 0 Å². The lowest BCUT2D eigenvalue weighted by atomic mass is 10.2. The zero-order valence-corrected chi connectivity index (χ0v) is 13.2. The van der Waals surface area contributed by atoms with Gasteiger partial charge in [-0.1, -0.05) is 13.3 Å². The summed E-state index contributed by atoms with van der Waals surface area (Å²) in [4.78, 5) is 24.1. The lowest BCUT2D eigenvalue weighted by Crippen LogP contribution is -2.40. The third-order valence-electron chi connectivity index (χ3n) is 3.30. The molecule has 20 heavy (non-hydrogen) atoms. The maximum Gasteiger partial charge on any atom is 0.342 e. The number of hydrogen-bond donors (Lipinski definition) is 2. The highest BCUT2D eigenvalue weighted by Gasteiger charge is 2.36. The average Bonchev–Trinajstić information content (AvgIpc) is 2.81. The number of hydrogen-bond acceptors (Lipinski definition) is 5. The lowest BCUT2D eigenvalue weighted by molar-refractivity contribution is -0.0532. The highest BCUT2D eigenvalue weighted by Crippen LogP contribution is 2.27. The Morgan fingerprint density at radius 2 is 2.20 bits per heavy atom. The molecule has 0 spiro atoms. The molecule has 1 saturated heterocycles. The molecule has 2 rings (SSSR count). The zero-order chi connectivity index (χ0) is 14.9. The van der Waals surface area contributed by atoms with Crippen molar-refractivity contribution in [3.05, 3.63) is 32.6 Å². The SMILES string of the molecule is CCCc1cn([C@H]2O[C@@H](CO)CC2O)c(=O)n(I)c1=O. The number of nitrogens with zero attached hydrogens (tertiary/aromatic N) is 2. The molecule has 0 aliphatic carbocycles. The van der Waals surface area contributed by atoms with Crippen molar-refractivity contribution in [2.75, 3.05) is 6.61 Å². The van der Waals surface area contributed by atoms with Crippen molar-refractivity contribution in [3.8, 4) is 0 Å². The van der Waals surface area contributed by atoms with E-state index in [0.29, 0.717) is 12.0 Å². The first kappa shape index (κ1) is 15.7. The van der Waals surface area contributed by atoms with Gasteiger partial charge in [0.1, 0.15) is 6.10 Å². The Hall–Kier alpha value is -0.710. The van der Waals surface area contributed by atoms with Crippen molar-refractivity contribution in [1.29, 1.82) is 0 Å². The molecule has 1 aliphatic heterocycles. The Morgan fingerprint density at radius 1 is 1.50 bits per heavy atom. The van der Waals surface area contributed by atoms with Crippen LogP contribution in [0.2, 0.25) is 0 Å². The van der Waals surface area contributed by atoms with Gasteiger partial charge >= 0.3 is 5.69 Å². The number of aromatic nitrogens is 2. The van der Waals surface area contributed by atoms with Crippen LogP contribution in [0.15, 0.2) is 15.8 Å². The quantitative estimate of drug-likeness (QED) is 0.688. The number of halogens is 1. The van der Waals surface area contributed by atoms with Crippen LogP contribution in [-0.2, 0) is 11.2 Å². The van der Waals surface area contributed by atoms with Gasteiger partial charge in [0.2, 0.25) is 0 Å². The van der Waals surface area contributed by atoms with Crippen LogP contribution in [0.1, 0.15) is 31.6 Å². The molecule has 0 saturated carbocycles. The molecule has 0 amide bonds. The summed E-state index contributed by atoms with van der Waals surface area (Å²) in [5.41, 5.74) is -0.372. The zero-order valence-electron chi connectivity index (χ0n) is 11.0. The van der Waals surface area contributed by atoms with Crippen molar-refractivity contribution in [1.82, 2.24) is 7.35 Å². The molecule has 0 radical (unpaired) electrons. The molecule has 3 atom stereocenters. The maximum atomic E-state index is 12.1. The van der Waals surface area contributed by atoms with E-state index in [0.717, 1.165) is 9.20 Å². The molecule has 7 nitrogen and oxygen atoms in total. The van der Waals surface area contributed by atoms with Gasteiger partial charge < -0.3 is 14.9 Å². The number of ether oxygens (including phenoxy) is 1. The van der Waals surface area contributed by atoms with Crippen LogP contribution >= 0.6 is 22.9 Å². The van der Waals surface area contributed by atoms with E-state index in [1.165, 1.54) is 10.8 Å². The summed E-state index contributed by atoms with van der Waals surface area (Å²) in [5.74, 6) is 0. The lowest BCUT2D eigenvalue weighted by Gasteiger charge is -2.18. The summed E-state index contributed by atoms with van der Waals surface area (Å²) >= 11 is 1.65. The monoisotopic (exact) mass is 396 g/mol. The van der Waals surface area contributed by atoms with Gasteiger partial charge in [-0.05, 0) is 6.42 Å². The standard InChI is InChI=1S/C12H17IN2O5/c1-2-3-7-5-14(12(19)15(13)10(7)18)11-9(17)4-8(6-16)20-11/h5,8-9,11,16-17H,2-4,6H2,1H3/t8-,9?,11+/m1/s1. The van der Waals surface area contributed by atoms with Crippen LogP contribution in [0.3, 0.4) is 0 Å². The molecule has 1 aromatic rings. The molecule has 1 fully saturated rings. The van der Waals surface area contributed by atoms with Gasteiger partial charge in [0.15, 0.2) is 6.23 Å². The molecule has 2 heterocycles. The van der Waals surface area contributed by atoms with Crippen LogP contribution in [0, 0.1) is 0 Å². The van der Waals surface area contributed by atoms with Crippen LogP contribution in [-0.4, -0.2) is 36.4 Å². The Morgan fingerprint density at radius 3 is 2.75 bits per heavy atom. The van der Waals surface area contributed by atoms with E-state index in [1.54, 1.807) is 22.9 Å². The Bertz CT molecular complexity index is 596. The third-order valence-corrected chi connectivity index (χ3v) is 4.15. The molecule has 2 N–H and O–H groups in total. The molecular weight excluding hydrogens is 379 g/mol. The minimum atomic E-state index is -0.881. The normalized spacial score (nSPS) is 26.1. The molecule has 0 bridgehead atoms. The van der Waals surface area contributed by atoms with Gasteiger partial charge in [-0.25, -0.2) is 4.79 Å². The maximum absolute atomic E-state index is 12.1. The van der Waals surface area contributed by atoms with Gasteiger partial charge in [-0.3, -0.25) is 9.36 Å². The Kier molecular flexibility index (Phi) is 4.99. The summed E-state index contributed by atoms with van der Waals surface area (Å²) in [6.45, 7) is 1.73. The molecular formula is C12H17IN2O5. The predicted molar refractivity (Wildman–Crippen MR) is 80.0 cm³/mol. The minimum Gasteiger partial charge on any atom is -0.394 e. The van der Waals surface area contributed by atoms with E-state index in [9.17, 15) is 14.7 Å². The van der Waals surface area contributed by atoms with Gasteiger partial charge in [0.25, 0.3) is 5.56 Å². The van der Waals surface area contributed by atoms with Crippen LogP contribution in [0.4, 0.5) is 0 Å². The van der Waals surface area contributed by atoms with Crippen molar-refractivity contribution >= 4 is 22.9 Å². The number of aryl methyl sites for hydroxylation is 1. The van der Waals surface area contributed by atoms with Crippen molar-refractivity contribution in [2.24, 2.45) is 0 Å². The van der Waals surface area contributed by atoms with Crippen LogP contribution < -0.4 is 11.2 Å². The second-order valence-electron chi connectivity index (χ2n) is 4.81. The minimum absolute atomic E-state index is 0.214. The van der Waals surface area contributed by atoms with Gasteiger partial charge in [-0.2, -0.15) is 2.78 Å². The van der Waals surface area contributed by atoms with E-state index in [4.69, 9.17) is 9.84 Å². The van der Waals surface area contributed by atoms with Crippen molar-refractivity contribution < 1.29 is 14.9 Å². The van der Waals surface area contributed by atoms with E-state index >= 15 is 0 Å². The van der Waals surface area contributed by atoms with Crippen LogP contribution in [0.5, 0.6) is 0 Å². The number of rotatable bonds is 4. The van der Waals surface area contributed by atoms with Crippen molar-refractivity contribution in [3.63, 3.8) is 0 Å². The summed E-state index contributed by atoms with van der Waals surface area (Å²) in [6, 6.07) is 0. The highest BCUT2D eigenvalue weighted by atomic mass is 127. The van der Waals surface area contributed by atoms with Gasteiger partial charge in [0, 0.05) is 18.2 Å². The van der Waals surface area contributed by atoms with Crippen LogP contribution in [0.25, 0.3) is 0 Å². The first-order valence-electron chi connectivity index (χ1n) is 6.47. The topological polar surface area (TPSA) is 93.7 Å². The Labute approximate surface area is 129 Å². The first-order valence-corrected chi connectivity index (χ1v) is 7.43. The fraction of sp³-hybridized carbons (Fsp3) is 0.667. The van der Waals surface area contributed by atoms with E-state index in [-0.39, 0.29) is 18.6 Å². The van der Waals surface area contributed by atoms with E-state index in [1.807, 2.05) is 6.92 Å². The summed E-state index contributed by atoms with van der Waals surface area (Å²) in [7, 11) is 0. The average molecular weight is 396 g/mol. The summed E-state index contributed by atoms with van der Waals surface area (Å²) in [5, 5.41) is 19.0. The first-order chi connectivity index (χ1) is 9.49. The summed E-state index contributed by atoms with van der Waals surface area (Å²) in [6.07, 6.45) is 0.802. The largest absolute Gasteiger partial charge is 0.394 e. The van der Waals surface area contributed by atoms with Gasteiger partial charge in [0.05, 0.1) is 35.6 Å². The van der Waals surface area contributed by atoms with E-state index in [2.05, 4.69) is 0 Å². The molecule has 1 aliphatic rings.